The maximum absolute atomic E-state index is 13.1. The molecule has 3 aromatic rings. The van der Waals surface area contributed by atoms with Gasteiger partial charge in [-0.05, 0) is 6.07 Å². The summed E-state index contributed by atoms with van der Waals surface area (Å²) in [6.07, 6.45) is 3.12. The Morgan fingerprint density at radius 1 is 1.33 bits per heavy atom. The number of rotatable bonds is 8. The molecule has 39 heavy (non-hydrogen) atoms. The van der Waals surface area contributed by atoms with Crippen molar-refractivity contribution < 1.29 is 69.6 Å². The molecule has 2 atom stereocenters. The molecule has 0 aromatic carbocycles. The molecule has 3 aromatic heterocycles. The van der Waals surface area contributed by atoms with Crippen LogP contribution in [0.1, 0.15) is 17.6 Å². The number of nitrogens with one attached hydrogen (secondary N) is 1. The number of carboxylic acids is 2. The van der Waals surface area contributed by atoms with Crippen LogP contribution in [0.2, 0.25) is 0 Å². The maximum atomic E-state index is 13.1. The van der Waals surface area contributed by atoms with E-state index in [-0.39, 0.29) is 71.2 Å². The van der Waals surface area contributed by atoms with E-state index in [0.717, 1.165) is 16.2 Å². The third-order valence-electron chi connectivity index (χ3n) is 5.96. The molecule has 2 aliphatic heterocycles. The average Bonchev–Trinajstić information content (AvgIpc) is 3.48. The van der Waals surface area contributed by atoms with Gasteiger partial charge in [-0.3, -0.25) is 14.5 Å². The van der Waals surface area contributed by atoms with Crippen LogP contribution in [-0.2, 0) is 25.8 Å². The Kier molecular flexibility index (Phi) is 8.31. The molecule has 198 valence electrons. The normalized spacial score (nSPS) is 18.7. The third-order valence-corrected chi connectivity index (χ3v) is 7.98. The van der Waals surface area contributed by atoms with E-state index in [0.29, 0.717) is 11.2 Å². The fourth-order valence-corrected chi connectivity index (χ4v) is 6.23. The van der Waals surface area contributed by atoms with E-state index >= 15 is 0 Å². The van der Waals surface area contributed by atoms with Crippen LogP contribution in [0.4, 0.5) is 5.13 Å². The maximum Gasteiger partial charge on any atom is 1.00 e. The minimum Gasteiger partial charge on any atom is -1.00 e. The number of nitrogens with two attached hydrogens (primary N) is 1. The predicted molar refractivity (Wildman–Crippen MR) is 135 cm³/mol. The molecule has 0 bridgehead atoms. The number of oxime groups is 1. The number of aliphatic carboxylic acids is 1. The van der Waals surface area contributed by atoms with Gasteiger partial charge in [0.05, 0.1) is 6.20 Å². The van der Waals surface area contributed by atoms with E-state index in [1.54, 1.807) is 28.8 Å². The van der Waals surface area contributed by atoms with E-state index in [1.165, 1.54) is 35.0 Å². The summed E-state index contributed by atoms with van der Waals surface area (Å²) < 4.78 is 3.11. The molecule has 0 aliphatic carbocycles. The Hall–Kier alpha value is -3.44. The number of pyridine rings is 1. The van der Waals surface area contributed by atoms with Gasteiger partial charge in [0.15, 0.2) is 17.0 Å². The van der Waals surface area contributed by atoms with Gasteiger partial charge in [-0.15, -0.1) is 23.1 Å². The number of fused-ring (bicyclic) bond motifs is 2. The first-order valence-electron chi connectivity index (χ1n) is 11.0. The molecular weight excluding hydrogens is 561 g/mol. The fraction of sp³-hybridized carbons (Fsp3) is 0.227. The van der Waals surface area contributed by atoms with Crippen LogP contribution in [0, 0.1) is 0 Å². The number of carboxylic acid groups (broad SMARTS) is 2. The van der Waals surface area contributed by atoms with Crippen molar-refractivity contribution in [2.45, 2.75) is 18.0 Å². The van der Waals surface area contributed by atoms with Gasteiger partial charge in [0.2, 0.25) is 0 Å². The number of thioether (sulfide) groups is 1. The fourth-order valence-electron chi connectivity index (χ4n) is 4.34. The minimum atomic E-state index is -1.33. The second kappa shape index (κ2) is 11.4. The van der Waals surface area contributed by atoms with E-state index in [2.05, 4.69) is 15.5 Å². The number of aromatic carboxylic acids is 1. The SMILES string of the molecule is CO/N=C(\C(=O)N[C@@H]1C(=O)N2C(C(=O)O)=C(Cn3c(C(=O)O)c[n+]4ccccc34)CS[C@H]12)c1csc(N)n1.[H-].[Na+]. The van der Waals surface area contributed by atoms with Gasteiger partial charge in [-0.2, -0.15) is 0 Å². The number of thiazole rings is 1. The summed E-state index contributed by atoms with van der Waals surface area (Å²) in [7, 11) is 1.25. The molecule has 2 aliphatic rings. The first kappa shape index (κ1) is 28.6. The van der Waals surface area contributed by atoms with E-state index in [1.807, 2.05) is 0 Å². The van der Waals surface area contributed by atoms with E-state index < -0.39 is 35.2 Å². The zero-order valence-electron chi connectivity index (χ0n) is 21.6. The molecule has 14 nitrogen and oxygen atoms in total. The van der Waals surface area contributed by atoms with Crippen molar-refractivity contribution in [2.75, 3.05) is 18.6 Å². The molecule has 17 heteroatoms. The van der Waals surface area contributed by atoms with Crippen LogP contribution in [0.5, 0.6) is 0 Å². The first-order valence-corrected chi connectivity index (χ1v) is 12.9. The number of carbonyl (C=O) groups is 4. The zero-order valence-corrected chi connectivity index (χ0v) is 24.2. The molecule has 5 N–H and O–H groups in total. The van der Waals surface area contributed by atoms with Crippen LogP contribution in [-0.4, -0.2) is 78.4 Å². The van der Waals surface area contributed by atoms with Gasteiger partial charge in [0.1, 0.15) is 36.5 Å². The van der Waals surface area contributed by atoms with Gasteiger partial charge in [-0.1, -0.05) is 11.2 Å². The quantitative estimate of drug-likeness (QED) is 0.0694. The van der Waals surface area contributed by atoms with Crippen molar-refractivity contribution in [3.05, 3.63) is 58.6 Å². The number of carbonyl (C=O) groups excluding carboxylic acids is 2. The second-order valence-electron chi connectivity index (χ2n) is 8.18. The Balaban J connectivity index is 0.00000220. The van der Waals surface area contributed by atoms with Gasteiger partial charge in [-0.25, -0.2) is 23.5 Å². The van der Waals surface area contributed by atoms with Gasteiger partial charge < -0.3 is 27.5 Å². The van der Waals surface area contributed by atoms with Gasteiger partial charge >= 0.3 is 41.5 Å². The second-order valence-corrected chi connectivity index (χ2v) is 10.2. The molecule has 5 heterocycles. The largest absolute Gasteiger partial charge is 1.00 e. The molecule has 2 amide bonds. The topological polar surface area (TPSA) is 194 Å². The number of imidazole rings is 1. The van der Waals surface area contributed by atoms with Crippen molar-refractivity contribution in [2.24, 2.45) is 5.16 Å². The van der Waals surface area contributed by atoms with Crippen LogP contribution in [0.25, 0.3) is 5.65 Å². The Bertz CT molecular complexity index is 1570. The Morgan fingerprint density at radius 2 is 2.10 bits per heavy atom. The number of aromatic nitrogens is 3. The summed E-state index contributed by atoms with van der Waals surface area (Å²) in [6.45, 7) is -0.0554. The zero-order chi connectivity index (χ0) is 27.1. The van der Waals surface area contributed by atoms with Crippen molar-refractivity contribution in [3.63, 3.8) is 0 Å². The Labute approximate surface area is 251 Å². The van der Waals surface area contributed by atoms with E-state index in [4.69, 9.17) is 10.6 Å². The molecular formula is C22H21N7NaO7S2+. The number of nitrogens with zero attached hydrogens (tertiary/aromatic N) is 5. The summed E-state index contributed by atoms with van der Waals surface area (Å²) in [5.41, 5.74) is 6.27. The summed E-state index contributed by atoms with van der Waals surface area (Å²) >= 11 is 2.36. The molecule has 0 unspecified atom stereocenters. The Morgan fingerprint density at radius 3 is 2.74 bits per heavy atom. The van der Waals surface area contributed by atoms with Gasteiger partial charge in [0.25, 0.3) is 23.2 Å². The number of amides is 2. The average molecular weight is 583 g/mol. The monoisotopic (exact) mass is 582 g/mol. The first-order chi connectivity index (χ1) is 18.2. The van der Waals surface area contributed by atoms with Crippen molar-refractivity contribution in [1.82, 2.24) is 19.8 Å². The van der Waals surface area contributed by atoms with Crippen LogP contribution >= 0.6 is 23.1 Å². The summed E-state index contributed by atoms with van der Waals surface area (Å²) in [6, 6.07) is 4.18. The number of hydrogen-bond acceptors (Lipinski definition) is 10. The minimum absolute atomic E-state index is 0. The van der Waals surface area contributed by atoms with E-state index in [9.17, 15) is 29.4 Å². The summed E-state index contributed by atoms with van der Waals surface area (Å²) in [5, 5.41) is 27.0. The predicted octanol–water partition coefficient (Wildman–Crippen LogP) is -3.13. The number of hydrogen-bond donors (Lipinski definition) is 4. The summed E-state index contributed by atoms with van der Waals surface area (Å²) in [4.78, 5) is 60.0. The number of anilines is 1. The van der Waals surface area contributed by atoms with Crippen LogP contribution in [0.3, 0.4) is 0 Å². The van der Waals surface area contributed by atoms with Crippen molar-refractivity contribution in [3.8, 4) is 0 Å². The van der Waals surface area contributed by atoms with Crippen LogP contribution in [0.15, 0.2) is 52.4 Å². The third kappa shape index (κ3) is 5.12. The molecule has 5 rings (SSSR count). The number of β-lactam (4-membered cyclic amide) rings is 1. The molecule has 0 radical (unpaired) electrons. The van der Waals surface area contributed by atoms with Crippen molar-refractivity contribution >= 4 is 63.3 Å². The summed E-state index contributed by atoms with van der Waals surface area (Å²) in [5.74, 6) is -3.66. The molecule has 0 spiro atoms. The smallest absolute Gasteiger partial charge is 1.00 e. The molecule has 1 saturated heterocycles. The number of nitrogen functional groups attached to an aromatic ring is 1. The molecule has 0 saturated carbocycles. The van der Waals surface area contributed by atoms with Gasteiger partial charge in [0, 0.05) is 22.8 Å². The van der Waals surface area contributed by atoms with Crippen LogP contribution < -0.4 is 45.0 Å². The standard InChI is InChI=1S/C22H19N7O7S2.Na.H/c1-36-26-14(11-9-38-22(23)24-11)17(30)25-15-18(31)29-16(21(34)35)10(8-37-19(15)29)6-28-12(20(32)33)7-27-5-3-2-4-13(27)28;;/h2-5,7,9,15,19H,6,8H2,1H3,(H4-,23,24,25,30,32,33,34,35);;/q;+1;-1/p+1/b26-14-;;/t15-,19-;;/m1../s1. The molecule has 1 fully saturated rings. The van der Waals surface area contributed by atoms with Crippen molar-refractivity contribution in [1.29, 1.82) is 0 Å².